The van der Waals surface area contributed by atoms with Gasteiger partial charge < -0.3 is 14.8 Å². The molecule has 0 amide bonds. The second-order valence-corrected chi connectivity index (χ2v) is 5.39. The predicted molar refractivity (Wildman–Crippen MR) is 79.0 cm³/mol. The number of thioether (sulfide) groups is 1. The maximum absolute atomic E-state index is 5.62. The Morgan fingerprint density at radius 1 is 1.17 bits per heavy atom. The second kappa shape index (κ2) is 9.11. The van der Waals surface area contributed by atoms with Gasteiger partial charge in [-0.05, 0) is 43.5 Å². The summed E-state index contributed by atoms with van der Waals surface area (Å²) in [6.45, 7) is 4.88. The van der Waals surface area contributed by atoms with E-state index >= 15 is 0 Å². The Hall–Kier alpha value is -0.870. The molecule has 3 nitrogen and oxygen atoms in total. The highest BCUT2D eigenvalue weighted by Crippen LogP contribution is 2.16. The van der Waals surface area contributed by atoms with Crippen molar-refractivity contribution in [3.05, 3.63) is 24.3 Å². The van der Waals surface area contributed by atoms with Crippen molar-refractivity contribution >= 4 is 11.8 Å². The van der Waals surface area contributed by atoms with Crippen LogP contribution in [0.3, 0.4) is 0 Å². The normalized spacial score (nSPS) is 12.2. The Bertz CT molecular complexity index is 316. The van der Waals surface area contributed by atoms with Crippen LogP contribution in [-0.2, 0) is 0 Å². The van der Waals surface area contributed by atoms with Gasteiger partial charge in [0.25, 0.3) is 0 Å². The average molecular weight is 269 g/mol. The summed E-state index contributed by atoms with van der Waals surface area (Å²) in [5.41, 5.74) is 0. The molecule has 0 saturated carbocycles. The first-order chi connectivity index (χ1) is 8.76. The molecule has 0 radical (unpaired) electrons. The summed E-state index contributed by atoms with van der Waals surface area (Å²) in [6.07, 6.45) is 3.35. The summed E-state index contributed by atoms with van der Waals surface area (Å²) in [5, 5.41) is 4.10. The van der Waals surface area contributed by atoms with E-state index in [9.17, 15) is 0 Å². The third-order valence-electron chi connectivity index (χ3n) is 2.74. The van der Waals surface area contributed by atoms with E-state index in [1.165, 1.54) is 6.42 Å². The standard InChI is InChI=1S/C14H23NO2S/c1-12(18-3)8-9-15-10-11-17-14-6-4-13(16-2)5-7-14/h4-7,12,15H,8-11H2,1-3H3. The monoisotopic (exact) mass is 269 g/mol. The Balaban J connectivity index is 2.06. The zero-order valence-electron chi connectivity index (χ0n) is 11.4. The smallest absolute Gasteiger partial charge is 0.119 e. The van der Waals surface area contributed by atoms with Crippen molar-refractivity contribution in [2.45, 2.75) is 18.6 Å². The summed E-state index contributed by atoms with van der Waals surface area (Å²) in [6, 6.07) is 7.66. The highest BCUT2D eigenvalue weighted by Gasteiger charge is 1.98. The topological polar surface area (TPSA) is 30.5 Å². The minimum absolute atomic E-state index is 0.694. The molecule has 0 aliphatic rings. The number of hydrogen-bond donors (Lipinski definition) is 1. The van der Waals surface area contributed by atoms with Crippen molar-refractivity contribution in [2.75, 3.05) is 33.1 Å². The number of hydrogen-bond acceptors (Lipinski definition) is 4. The molecule has 0 heterocycles. The molecule has 1 aromatic rings. The van der Waals surface area contributed by atoms with Gasteiger partial charge >= 0.3 is 0 Å². The first-order valence-electron chi connectivity index (χ1n) is 6.26. The molecule has 0 spiro atoms. The number of nitrogens with one attached hydrogen (secondary N) is 1. The first-order valence-corrected chi connectivity index (χ1v) is 7.55. The molecule has 0 aliphatic heterocycles. The molecule has 0 saturated heterocycles. The van der Waals surface area contributed by atoms with Crippen LogP contribution in [0.5, 0.6) is 11.5 Å². The van der Waals surface area contributed by atoms with Crippen molar-refractivity contribution in [3.63, 3.8) is 0 Å². The SMILES string of the molecule is COc1ccc(OCCNCCC(C)SC)cc1. The fourth-order valence-corrected chi connectivity index (χ4v) is 1.81. The van der Waals surface area contributed by atoms with Crippen LogP contribution in [0.1, 0.15) is 13.3 Å². The van der Waals surface area contributed by atoms with Crippen molar-refractivity contribution in [2.24, 2.45) is 0 Å². The van der Waals surface area contributed by atoms with Crippen LogP contribution >= 0.6 is 11.8 Å². The van der Waals surface area contributed by atoms with Crippen LogP contribution in [-0.4, -0.2) is 38.3 Å². The van der Waals surface area contributed by atoms with Gasteiger partial charge in [0.15, 0.2) is 0 Å². The number of methoxy groups -OCH3 is 1. The van der Waals surface area contributed by atoms with Crippen molar-refractivity contribution in [1.82, 2.24) is 5.32 Å². The van der Waals surface area contributed by atoms with E-state index in [2.05, 4.69) is 18.5 Å². The maximum Gasteiger partial charge on any atom is 0.119 e. The van der Waals surface area contributed by atoms with Gasteiger partial charge in [-0.2, -0.15) is 11.8 Å². The van der Waals surface area contributed by atoms with Crippen LogP contribution in [0.4, 0.5) is 0 Å². The predicted octanol–water partition coefficient (Wildman–Crippen LogP) is 2.81. The van der Waals surface area contributed by atoms with Gasteiger partial charge in [0.2, 0.25) is 0 Å². The van der Waals surface area contributed by atoms with Gasteiger partial charge in [0, 0.05) is 11.8 Å². The third-order valence-corrected chi connectivity index (χ3v) is 3.78. The van der Waals surface area contributed by atoms with Crippen molar-refractivity contribution in [3.8, 4) is 11.5 Å². The van der Waals surface area contributed by atoms with Crippen LogP contribution in [0, 0.1) is 0 Å². The van der Waals surface area contributed by atoms with Crippen LogP contribution in [0.25, 0.3) is 0 Å². The lowest BCUT2D eigenvalue weighted by Gasteiger charge is -2.10. The Labute approximate surface area is 114 Å². The van der Waals surface area contributed by atoms with Gasteiger partial charge in [0.1, 0.15) is 18.1 Å². The molecule has 0 bridgehead atoms. The zero-order chi connectivity index (χ0) is 13.2. The highest BCUT2D eigenvalue weighted by atomic mass is 32.2. The van der Waals surface area contributed by atoms with E-state index in [4.69, 9.17) is 9.47 Å². The fraction of sp³-hybridized carbons (Fsp3) is 0.571. The molecule has 1 rings (SSSR count). The van der Waals surface area contributed by atoms with E-state index < -0.39 is 0 Å². The van der Waals surface area contributed by atoms with E-state index in [0.717, 1.165) is 29.8 Å². The summed E-state index contributed by atoms with van der Waals surface area (Å²) < 4.78 is 10.7. The summed E-state index contributed by atoms with van der Waals surface area (Å²) >= 11 is 1.91. The van der Waals surface area contributed by atoms with Gasteiger partial charge in [-0.3, -0.25) is 0 Å². The Morgan fingerprint density at radius 3 is 2.44 bits per heavy atom. The summed E-state index contributed by atoms with van der Waals surface area (Å²) in [4.78, 5) is 0. The van der Waals surface area contributed by atoms with Crippen LogP contribution < -0.4 is 14.8 Å². The van der Waals surface area contributed by atoms with E-state index in [1.54, 1.807) is 7.11 Å². The minimum atomic E-state index is 0.694. The maximum atomic E-state index is 5.62. The molecule has 0 aliphatic carbocycles. The molecule has 4 heteroatoms. The molecule has 1 unspecified atom stereocenters. The fourth-order valence-electron chi connectivity index (χ4n) is 1.46. The largest absolute Gasteiger partial charge is 0.497 e. The number of ether oxygens (including phenoxy) is 2. The summed E-state index contributed by atoms with van der Waals surface area (Å²) in [7, 11) is 1.66. The van der Waals surface area contributed by atoms with Crippen molar-refractivity contribution < 1.29 is 9.47 Å². The van der Waals surface area contributed by atoms with E-state index in [0.29, 0.717) is 6.61 Å². The molecular formula is C14H23NO2S. The lowest BCUT2D eigenvalue weighted by Crippen LogP contribution is -2.23. The van der Waals surface area contributed by atoms with Crippen molar-refractivity contribution in [1.29, 1.82) is 0 Å². The van der Waals surface area contributed by atoms with E-state index in [-0.39, 0.29) is 0 Å². The summed E-state index contributed by atoms with van der Waals surface area (Å²) in [5.74, 6) is 1.74. The molecule has 0 fully saturated rings. The quantitative estimate of drug-likeness (QED) is 0.698. The van der Waals surface area contributed by atoms with Crippen LogP contribution in [0.2, 0.25) is 0 Å². The van der Waals surface area contributed by atoms with Gasteiger partial charge in [-0.15, -0.1) is 0 Å². The van der Waals surface area contributed by atoms with E-state index in [1.807, 2.05) is 36.0 Å². The lowest BCUT2D eigenvalue weighted by atomic mass is 10.3. The number of rotatable bonds is 9. The Kier molecular flexibility index (Phi) is 7.69. The number of benzene rings is 1. The molecule has 0 aromatic heterocycles. The zero-order valence-corrected chi connectivity index (χ0v) is 12.3. The van der Waals surface area contributed by atoms with Crippen LogP contribution in [0.15, 0.2) is 24.3 Å². The molecule has 18 heavy (non-hydrogen) atoms. The van der Waals surface area contributed by atoms with Gasteiger partial charge in [0.05, 0.1) is 7.11 Å². The average Bonchev–Trinajstić information content (AvgIpc) is 2.43. The molecular weight excluding hydrogens is 246 g/mol. The molecule has 1 aromatic carbocycles. The first kappa shape index (κ1) is 15.2. The third kappa shape index (κ3) is 6.17. The molecule has 1 atom stereocenters. The second-order valence-electron chi connectivity index (χ2n) is 4.11. The highest BCUT2D eigenvalue weighted by molar-refractivity contribution is 7.99. The van der Waals surface area contributed by atoms with Gasteiger partial charge in [-0.25, -0.2) is 0 Å². The molecule has 102 valence electrons. The lowest BCUT2D eigenvalue weighted by molar-refractivity contribution is 0.313. The molecule has 1 N–H and O–H groups in total. The van der Waals surface area contributed by atoms with Gasteiger partial charge in [-0.1, -0.05) is 6.92 Å². The minimum Gasteiger partial charge on any atom is -0.497 e. The Morgan fingerprint density at radius 2 is 1.83 bits per heavy atom.